The van der Waals surface area contributed by atoms with Crippen molar-refractivity contribution < 1.29 is 0 Å². The van der Waals surface area contributed by atoms with Gasteiger partial charge in [-0.2, -0.15) is 8.75 Å². The van der Waals surface area contributed by atoms with Crippen LogP contribution in [0.5, 0.6) is 0 Å². The van der Waals surface area contributed by atoms with Gasteiger partial charge < -0.3 is 0 Å². The Bertz CT molecular complexity index is 705. The van der Waals surface area contributed by atoms with Crippen LogP contribution in [-0.2, 0) is 5.41 Å². The van der Waals surface area contributed by atoms with Gasteiger partial charge in [0, 0.05) is 5.56 Å². The van der Waals surface area contributed by atoms with Crippen LogP contribution in [0.4, 0.5) is 0 Å². The summed E-state index contributed by atoms with van der Waals surface area (Å²) in [5.74, 6) is 0. The lowest BCUT2D eigenvalue weighted by atomic mass is 9.86. The molecule has 0 spiro atoms. The molecule has 96 valence electrons. The number of aromatic nitrogens is 2. The van der Waals surface area contributed by atoms with E-state index in [1.54, 1.807) is 0 Å². The van der Waals surface area contributed by atoms with E-state index in [9.17, 15) is 0 Å². The molecule has 3 rings (SSSR count). The molecule has 0 saturated heterocycles. The Morgan fingerprint density at radius 3 is 2.32 bits per heavy atom. The normalized spacial score (nSPS) is 11.9. The van der Waals surface area contributed by atoms with E-state index >= 15 is 0 Å². The second-order valence-corrected chi connectivity index (χ2v) is 6.29. The molecule has 3 aromatic rings. The summed E-state index contributed by atoms with van der Waals surface area (Å²) in [5.41, 5.74) is 5.86. The van der Waals surface area contributed by atoms with Crippen LogP contribution >= 0.6 is 11.7 Å². The predicted octanol–water partition coefficient (Wildman–Crippen LogP) is 4.66. The highest BCUT2D eigenvalue weighted by molar-refractivity contribution is 7.00. The van der Waals surface area contributed by atoms with Gasteiger partial charge in [0.25, 0.3) is 0 Å². The SMILES string of the molecule is CC(C)(C)c1ccc(-c2cccc3nsnc23)cc1. The molecule has 0 amide bonds. The Morgan fingerprint density at radius 1 is 0.895 bits per heavy atom. The molecule has 0 saturated carbocycles. The minimum atomic E-state index is 0.187. The standard InChI is InChI=1S/C16H16N2S/c1-16(2,3)12-9-7-11(8-10-12)13-5-4-6-14-15(13)18-19-17-14/h4-10H,1-3H3. The molecule has 0 aliphatic heterocycles. The molecule has 0 fully saturated rings. The average Bonchev–Trinajstić information content (AvgIpc) is 2.86. The molecule has 0 aliphatic rings. The van der Waals surface area contributed by atoms with Crippen LogP contribution in [0.3, 0.4) is 0 Å². The lowest BCUT2D eigenvalue weighted by molar-refractivity contribution is 0.590. The van der Waals surface area contributed by atoms with Crippen LogP contribution < -0.4 is 0 Å². The van der Waals surface area contributed by atoms with Crippen LogP contribution in [0, 0.1) is 0 Å². The number of hydrogen-bond acceptors (Lipinski definition) is 3. The maximum absolute atomic E-state index is 4.40. The Balaban J connectivity index is 2.10. The second-order valence-electron chi connectivity index (χ2n) is 5.76. The molecule has 1 heterocycles. The highest BCUT2D eigenvalue weighted by Crippen LogP contribution is 2.29. The third-order valence-electron chi connectivity index (χ3n) is 3.35. The van der Waals surface area contributed by atoms with Gasteiger partial charge in [-0.15, -0.1) is 0 Å². The highest BCUT2D eigenvalue weighted by atomic mass is 32.1. The lowest BCUT2D eigenvalue weighted by Crippen LogP contribution is -2.10. The molecule has 0 N–H and O–H groups in total. The molecule has 1 aromatic heterocycles. The van der Waals surface area contributed by atoms with Gasteiger partial charge in [0.2, 0.25) is 0 Å². The number of nitrogens with zero attached hydrogens (tertiary/aromatic N) is 2. The first-order valence-corrected chi connectivity index (χ1v) is 7.11. The number of hydrogen-bond donors (Lipinski definition) is 0. The summed E-state index contributed by atoms with van der Waals surface area (Å²) in [6.07, 6.45) is 0. The fourth-order valence-corrected chi connectivity index (χ4v) is 2.74. The molecule has 2 nitrogen and oxygen atoms in total. The fraction of sp³-hybridized carbons (Fsp3) is 0.250. The maximum atomic E-state index is 4.40. The third-order valence-corrected chi connectivity index (χ3v) is 3.89. The third kappa shape index (κ3) is 2.26. The van der Waals surface area contributed by atoms with E-state index < -0.39 is 0 Å². The first-order chi connectivity index (χ1) is 9.05. The van der Waals surface area contributed by atoms with Crippen molar-refractivity contribution in [1.29, 1.82) is 0 Å². The highest BCUT2D eigenvalue weighted by Gasteiger charge is 2.14. The zero-order valence-electron chi connectivity index (χ0n) is 11.3. The predicted molar refractivity (Wildman–Crippen MR) is 81.6 cm³/mol. The molecule has 3 heteroatoms. The average molecular weight is 268 g/mol. The zero-order chi connectivity index (χ0) is 13.5. The Kier molecular flexibility index (Phi) is 2.86. The van der Waals surface area contributed by atoms with Gasteiger partial charge in [-0.05, 0) is 22.6 Å². The van der Waals surface area contributed by atoms with Crippen molar-refractivity contribution in [1.82, 2.24) is 8.75 Å². The van der Waals surface area contributed by atoms with Crippen LogP contribution in [0.15, 0.2) is 42.5 Å². The minimum Gasteiger partial charge on any atom is -0.173 e. The number of rotatable bonds is 1. The van der Waals surface area contributed by atoms with E-state index in [1.165, 1.54) is 22.9 Å². The molecule has 0 unspecified atom stereocenters. The summed E-state index contributed by atoms with van der Waals surface area (Å²) in [6, 6.07) is 14.9. The summed E-state index contributed by atoms with van der Waals surface area (Å²) in [6.45, 7) is 6.69. The van der Waals surface area contributed by atoms with E-state index in [0.717, 1.165) is 16.6 Å². The van der Waals surface area contributed by atoms with Crippen LogP contribution in [-0.4, -0.2) is 8.75 Å². The summed E-state index contributed by atoms with van der Waals surface area (Å²) in [7, 11) is 0. The van der Waals surface area contributed by atoms with E-state index in [4.69, 9.17) is 0 Å². The minimum absolute atomic E-state index is 0.187. The van der Waals surface area contributed by atoms with Gasteiger partial charge >= 0.3 is 0 Å². The smallest absolute Gasteiger partial charge is 0.112 e. The molecule has 19 heavy (non-hydrogen) atoms. The van der Waals surface area contributed by atoms with Gasteiger partial charge in [0.15, 0.2) is 0 Å². The molecule has 0 atom stereocenters. The van der Waals surface area contributed by atoms with E-state index in [1.807, 2.05) is 12.1 Å². The van der Waals surface area contributed by atoms with Crippen LogP contribution in [0.1, 0.15) is 26.3 Å². The van der Waals surface area contributed by atoms with Gasteiger partial charge in [-0.1, -0.05) is 57.2 Å². The summed E-state index contributed by atoms with van der Waals surface area (Å²) in [4.78, 5) is 0. The zero-order valence-corrected chi connectivity index (χ0v) is 12.2. The van der Waals surface area contributed by atoms with Gasteiger partial charge in [0.1, 0.15) is 11.0 Å². The fourth-order valence-electron chi connectivity index (χ4n) is 2.19. The molecule has 0 radical (unpaired) electrons. The molecule has 0 aliphatic carbocycles. The van der Waals surface area contributed by atoms with Crippen molar-refractivity contribution in [3.05, 3.63) is 48.0 Å². The van der Waals surface area contributed by atoms with E-state index in [2.05, 4.69) is 59.9 Å². The van der Waals surface area contributed by atoms with Crippen LogP contribution in [0.25, 0.3) is 22.2 Å². The first kappa shape index (κ1) is 12.3. The van der Waals surface area contributed by atoms with Gasteiger partial charge in [-0.3, -0.25) is 0 Å². The van der Waals surface area contributed by atoms with Crippen molar-refractivity contribution in [2.75, 3.05) is 0 Å². The Morgan fingerprint density at radius 2 is 1.63 bits per heavy atom. The van der Waals surface area contributed by atoms with Crippen molar-refractivity contribution in [3.63, 3.8) is 0 Å². The first-order valence-electron chi connectivity index (χ1n) is 6.38. The van der Waals surface area contributed by atoms with E-state index in [-0.39, 0.29) is 5.41 Å². The van der Waals surface area contributed by atoms with Crippen molar-refractivity contribution in [3.8, 4) is 11.1 Å². The largest absolute Gasteiger partial charge is 0.173 e. The Hall–Kier alpha value is -1.74. The Labute approximate surface area is 117 Å². The quantitative estimate of drug-likeness (QED) is 0.641. The second kappa shape index (κ2) is 4.42. The van der Waals surface area contributed by atoms with Gasteiger partial charge in [-0.25, -0.2) is 0 Å². The van der Waals surface area contributed by atoms with Crippen molar-refractivity contribution in [2.24, 2.45) is 0 Å². The lowest BCUT2D eigenvalue weighted by Gasteiger charge is -2.19. The van der Waals surface area contributed by atoms with Crippen molar-refractivity contribution in [2.45, 2.75) is 26.2 Å². The summed E-state index contributed by atoms with van der Waals surface area (Å²) in [5, 5.41) is 0. The van der Waals surface area contributed by atoms with Gasteiger partial charge in [0.05, 0.1) is 11.7 Å². The number of benzene rings is 2. The molecular weight excluding hydrogens is 252 g/mol. The summed E-state index contributed by atoms with van der Waals surface area (Å²) >= 11 is 1.27. The summed E-state index contributed by atoms with van der Waals surface area (Å²) < 4.78 is 8.69. The molecule has 0 bridgehead atoms. The number of fused-ring (bicyclic) bond motifs is 1. The van der Waals surface area contributed by atoms with Crippen LogP contribution in [0.2, 0.25) is 0 Å². The monoisotopic (exact) mass is 268 g/mol. The van der Waals surface area contributed by atoms with Crippen molar-refractivity contribution >= 4 is 22.8 Å². The molecular formula is C16H16N2S. The van der Waals surface area contributed by atoms with E-state index in [0.29, 0.717) is 0 Å². The molecule has 2 aromatic carbocycles. The maximum Gasteiger partial charge on any atom is 0.112 e. The topological polar surface area (TPSA) is 25.8 Å².